The number of hydrogen-bond donors (Lipinski definition) is 1. The van der Waals surface area contributed by atoms with Crippen molar-refractivity contribution in [2.75, 3.05) is 5.32 Å². The number of nitrogens with zero attached hydrogens (tertiary/aromatic N) is 2. The van der Waals surface area contributed by atoms with Gasteiger partial charge in [0.1, 0.15) is 11.2 Å². The second-order valence-corrected chi connectivity index (χ2v) is 6.67. The molecule has 0 aliphatic rings. The number of nitrogens with one attached hydrogen (secondary N) is 1. The fraction of sp³-hybridized carbons (Fsp3) is 0.333. The first-order valence-electron chi connectivity index (χ1n) is 6.70. The number of anilines is 2. The third kappa shape index (κ3) is 5.09. The number of rotatable bonds is 3. The van der Waals surface area contributed by atoms with Gasteiger partial charge in [-0.05, 0) is 45.0 Å². The van der Waals surface area contributed by atoms with Gasteiger partial charge in [-0.2, -0.15) is 18.2 Å². The Labute approximate surface area is 140 Å². The highest BCUT2D eigenvalue weighted by Gasteiger charge is 2.37. The summed E-state index contributed by atoms with van der Waals surface area (Å²) < 4.78 is 45.3. The Morgan fingerprint density at radius 3 is 2.22 bits per heavy atom. The van der Waals surface area contributed by atoms with Crippen molar-refractivity contribution in [3.63, 3.8) is 0 Å². The first-order valence-corrected chi connectivity index (χ1v) is 7.50. The maximum atomic E-state index is 13.0. The Balaban J connectivity index is 2.35. The van der Waals surface area contributed by atoms with Crippen LogP contribution in [0.2, 0.25) is 0 Å². The molecule has 1 heterocycles. The molecule has 8 heteroatoms. The van der Waals surface area contributed by atoms with Gasteiger partial charge in [-0.15, -0.1) is 0 Å². The second kappa shape index (κ2) is 6.35. The summed E-state index contributed by atoms with van der Waals surface area (Å²) in [5.74, 6) is -0.473. The second-order valence-electron chi connectivity index (χ2n) is 5.76. The Bertz CT molecular complexity index is 682. The maximum absolute atomic E-state index is 13.0. The van der Waals surface area contributed by atoms with Gasteiger partial charge in [-0.1, -0.05) is 15.9 Å². The lowest BCUT2D eigenvalue weighted by Gasteiger charge is -2.23. The molecule has 23 heavy (non-hydrogen) atoms. The molecule has 0 atom stereocenters. The molecule has 0 aliphatic heterocycles. The van der Waals surface area contributed by atoms with Gasteiger partial charge in [0.2, 0.25) is 11.8 Å². The minimum Gasteiger partial charge on any atom is -0.471 e. The predicted octanol–water partition coefficient (Wildman–Crippen LogP) is 5.18. The quantitative estimate of drug-likeness (QED) is 0.785. The molecule has 0 aliphatic carbocycles. The van der Waals surface area contributed by atoms with Crippen LogP contribution in [0.1, 0.15) is 26.3 Å². The van der Waals surface area contributed by atoms with E-state index in [1.54, 1.807) is 45.0 Å². The van der Waals surface area contributed by atoms with E-state index in [9.17, 15) is 13.2 Å². The topological polar surface area (TPSA) is 47.0 Å². The molecule has 4 nitrogen and oxygen atoms in total. The molecule has 1 aromatic heterocycles. The summed E-state index contributed by atoms with van der Waals surface area (Å²) in [5.41, 5.74) is -1.17. The van der Waals surface area contributed by atoms with Crippen molar-refractivity contribution in [3.05, 3.63) is 40.5 Å². The van der Waals surface area contributed by atoms with E-state index in [2.05, 4.69) is 31.2 Å². The highest BCUT2D eigenvalue weighted by atomic mass is 79.9. The zero-order valence-corrected chi connectivity index (χ0v) is 14.3. The van der Waals surface area contributed by atoms with Crippen LogP contribution in [0, 0.1) is 0 Å². The summed E-state index contributed by atoms with van der Waals surface area (Å²) in [5, 5.41) is 2.85. The van der Waals surface area contributed by atoms with Crippen molar-refractivity contribution in [3.8, 4) is 5.88 Å². The molecular weight excluding hydrogens is 375 g/mol. The first kappa shape index (κ1) is 17.5. The zero-order valence-electron chi connectivity index (χ0n) is 12.7. The van der Waals surface area contributed by atoms with Gasteiger partial charge in [0.05, 0.1) is 0 Å². The van der Waals surface area contributed by atoms with Crippen LogP contribution in [-0.4, -0.2) is 15.6 Å². The molecule has 0 spiro atoms. The smallest absolute Gasteiger partial charge is 0.423 e. The maximum Gasteiger partial charge on any atom is 0.423 e. The Kier molecular flexibility index (Phi) is 4.84. The summed E-state index contributed by atoms with van der Waals surface area (Å²) >= 11 is 3.30. The van der Waals surface area contributed by atoms with Crippen molar-refractivity contribution in [1.29, 1.82) is 0 Å². The molecular formula is C15H15BrF3N3O. The first-order chi connectivity index (χ1) is 10.5. The largest absolute Gasteiger partial charge is 0.471 e. The highest BCUT2D eigenvalue weighted by Crippen LogP contribution is 2.36. The Morgan fingerprint density at radius 1 is 1.09 bits per heavy atom. The number of halogens is 4. The van der Waals surface area contributed by atoms with E-state index in [1.807, 2.05) is 0 Å². The molecule has 0 saturated heterocycles. The van der Waals surface area contributed by atoms with Gasteiger partial charge >= 0.3 is 6.18 Å². The van der Waals surface area contributed by atoms with Crippen LogP contribution in [0.25, 0.3) is 0 Å². The lowest BCUT2D eigenvalue weighted by Crippen LogP contribution is -2.26. The van der Waals surface area contributed by atoms with Gasteiger partial charge in [0.15, 0.2) is 0 Å². The molecule has 0 saturated carbocycles. The van der Waals surface area contributed by atoms with Gasteiger partial charge in [0, 0.05) is 16.4 Å². The van der Waals surface area contributed by atoms with E-state index >= 15 is 0 Å². The fourth-order valence-electron chi connectivity index (χ4n) is 1.65. The summed E-state index contributed by atoms with van der Waals surface area (Å²) in [6, 6.07) is 7.07. The van der Waals surface area contributed by atoms with Crippen molar-refractivity contribution in [2.45, 2.75) is 32.5 Å². The van der Waals surface area contributed by atoms with Crippen LogP contribution >= 0.6 is 15.9 Å². The van der Waals surface area contributed by atoms with Crippen LogP contribution in [0.3, 0.4) is 0 Å². The highest BCUT2D eigenvalue weighted by molar-refractivity contribution is 9.10. The molecule has 1 N–H and O–H groups in total. The lowest BCUT2D eigenvalue weighted by molar-refractivity contribution is -0.140. The lowest BCUT2D eigenvalue weighted by atomic mass is 10.2. The molecule has 0 amide bonds. The summed E-state index contributed by atoms with van der Waals surface area (Å²) in [6.07, 6.45) is -3.87. The van der Waals surface area contributed by atoms with Gasteiger partial charge < -0.3 is 10.1 Å². The van der Waals surface area contributed by atoms with E-state index in [1.165, 1.54) is 0 Å². The summed E-state index contributed by atoms with van der Waals surface area (Å²) in [6.45, 7) is 4.95. The third-order valence-electron chi connectivity index (χ3n) is 2.56. The molecule has 0 bridgehead atoms. The molecule has 0 unspecified atom stereocenters. The minimum atomic E-state index is -4.59. The Morgan fingerprint density at radius 2 is 1.70 bits per heavy atom. The van der Waals surface area contributed by atoms with E-state index < -0.39 is 23.2 Å². The van der Waals surface area contributed by atoms with Crippen molar-refractivity contribution < 1.29 is 17.9 Å². The summed E-state index contributed by atoms with van der Waals surface area (Å²) in [4.78, 5) is 7.59. The number of aromatic nitrogens is 2. The van der Waals surface area contributed by atoms with Crippen LogP contribution in [0.4, 0.5) is 24.8 Å². The van der Waals surface area contributed by atoms with Crippen LogP contribution in [0.15, 0.2) is 34.9 Å². The number of alkyl halides is 3. The minimum absolute atomic E-state index is 0.0274. The average Bonchev–Trinajstić information content (AvgIpc) is 2.38. The number of ether oxygens (including phenoxy) is 1. The molecule has 2 rings (SSSR count). The van der Waals surface area contributed by atoms with Crippen molar-refractivity contribution >= 4 is 27.6 Å². The van der Waals surface area contributed by atoms with Gasteiger partial charge in [0.25, 0.3) is 0 Å². The van der Waals surface area contributed by atoms with Crippen LogP contribution < -0.4 is 10.1 Å². The average molecular weight is 390 g/mol. The van der Waals surface area contributed by atoms with Crippen LogP contribution in [0.5, 0.6) is 5.88 Å². The summed E-state index contributed by atoms with van der Waals surface area (Å²) in [7, 11) is 0. The normalized spacial score (nSPS) is 12.1. The van der Waals surface area contributed by atoms with Crippen LogP contribution in [-0.2, 0) is 6.18 Å². The van der Waals surface area contributed by atoms with Gasteiger partial charge in [-0.25, -0.2) is 4.98 Å². The standard InChI is InChI=1S/C15H15BrF3N3O/c1-14(2,3)23-12-11(15(17,18)19)8-20-13(22-12)21-10-6-4-9(16)5-7-10/h4-8H,1-3H3,(H,20,21,22). The molecule has 0 fully saturated rings. The molecule has 0 radical (unpaired) electrons. The molecule has 124 valence electrons. The van der Waals surface area contributed by atoms with Crippen molar-refractivity contribution in [2.24, 2.45) is 0 Å². The van der Waals surface area contributed by atoms with Crippen molar-refractivity contribution in [1.82, 2.24) is 9.97 Å². The number of benzene rings is 1. The van der Waals surface area contributed by atoms with E-state index in [4.69, 9.17) is 4.74 Å². The van der Waals surface area contributed by atoms with E-state index in [0.29, 0.717) is 5.69 Å². The van der Waals surface area contributed by atoms with Gasteiger partial charge in [-0.3, -0.25) is 0 Å². The molecule has 2 aromatic rings. The fourth-order valence-corrected chi connectivity index (χ4v) is 1.92. The molecule has 1 aromatic carbocycles. The van der Waals surface area contributed by atoms with E-state index in [-0.39, 0.29) is 5.95 Å². The SMILES string of the molecule is CC(C)(C)Oc1nc(Nc2ccc(Br)cc2)ncc1C(F)(F)F. The monoisotopic (exact) mass is 389 g/mol. The van der Waals surface area contributed by atoms with E-state index in [0.717, 1.165) is 10.7 Å². The predicted molar refractivity (Wildman–Crippen MR) is 84.8 cm³/mol. The Hall–Kier alpha value is -1.83. The number of hydrogen-bond acceptors (Lipinski definition) is 4. The zero-order chi connectivity index (χ0) is 17.3. The third-order valence-corrected chi connectivity index (χ3v) is 3.09.